The monoisotopic (exact) mass is 204 g/mol. The van der Waals surface area contributed by atoms with Gasteiger partial charge in [0, 0.05) is 11.6 Å². The highest BCUT2D eigenvalue weighted by Crippen LogP contribution is 2.24. The molecular formula is C9H10F2OS. The van der Waals surface area contributed by atoms with Gasteiger partial charge >= 0.3 is 0 Å². The van der Waals surface area contributed by atoms with E-state index < -0.39 is 11.6 Å². The summed E-state index contributed by atoms with van der Waals surface area (Å²) in [4.78, 5) is 0. The lowest BCUT2D eigenvalue weighted by atomic mass is 10.1. The van der Waals surface area contributed by atoms with E-state index in [0.717, 1.165) is 6.07 Å². The first kappa shape index (κ1) is 10.3. The normalized spacial score (nSPS) is 10.2. The van der Waals surface area contributed by atoms with Gasteiger partial charge in [-0.15, -0.1) is 0 Å². The zero-order valence-corrected chi connectivity index (χ0v) is 8.07. The highest BCUT2D eigenvalue weighted by Gasteiger charge is 2.10. The minimum Gasteiger partial charge on any atom is -0.493 e. The largest absolute Gasteiger partial charge is 0.493 e. The first-order valence-electron chi connectivity index (χ1n) is 3.81. The minimum atomic E-state index is -0.667. The third kappa shape index (κ3) is 2.34. The van der Waals surface area contributed by atoms with Crippen LogP contribution in [-0.4, -0.2) is 12.9 Å². The van der Waals surface area contributed by atoms with Gasteiger partial charge in [0.05, 0.1) is 7.11 Å². The van der Waals surface area contributed by atoms with E-state index >= 15 is 0 Å². The Morgan fingerprint density at radius 1 is 1.38 bits per heavy atom. The first-order chi connectivity index (χ1) is 6.19. The summed E-state index contributed by atoms with van der Waals surface area (Å²) in [6.07, 6.45) is 0.487. The summed E-state index contributed by atoms with van der Waals surface area (Å²) < 4.78 is 30.6. The van der Waals surface area contributed by atoms with Gasteiger partial charge in [-0.25, -0.2) is 8.78 Å². The molecule has 0 atom stereocenters. The minimum absolute atomic E-state index is 0.107. The number of hydrogen-bond donors (Lipinski definition) is 1. The molecule has 4 heteroatoms. The van der Waals surface area contributed by atoms with Crippen molar-refractivity contribution in [1.29, 1.82) is 0 Å². The van der Waals surface area contributed by atoms with Crippen molar-refractivity contribution in [2.24, 2.45) is 0 Å². The molecule has 0 aromatic heterocycles. The molecule has 0 saturated carbocycles. The molecule has 0 saturated heterocycles. The van der Waals surface area contributed by atoms with Crippen LogP contribution in [0.1, 0.15) is 5.56 Å². The molecule has 0 heterocycles. The van der Waals surface area contributed by atoms with Crippen LogP contribution < -0.4 is 4.74 Å². The van der Waals surface area contributed by atoms with Gasteiger partial charge in [0.15, 0.2) is 11.6 Å². The van der Waals surface area contributed by atoms with Crippen molar-refractivity contribution in [2.75, 3.05) is 12.9 Å². The Bertz CT molecular complexity index is 302. The maximum atomic E-state index is 13.0. The van der Waals surface area contributed by atoms with Crippen LogP contribution in [0.25, 0.3) is 0 Å². The molecule has 13 heavy (non-hydrogen) atoms. The van der Waals surface area contributed by atoms with Crippen LogP contribution in [0.2, 0.25) is 0 Å². The van der Waals surface area contributed by atoms with Gasteiger partial charge < -0.3 is 4.74 Å². The quantitative estimate of drug-likeness (QED) is 0.744. The topological polar surface area (TPSA) is 9.23 Å². The zero-order chi connectivity index (χ0) is 9.84. The lowest BCUT2D eigenvalue weighted by Crippen LogP contribution is -1.97. The van der Waals surface area contributed by atoms with Crippen LogP contribution in [-0.2, 0) is 6.42 Å². The smallest absolute Gasteiger partial charge is 0.168 e. The van der Waals surface area contributed by atoms with E-state index in [1.165, 1.54) is 13.2 Å². The van der Waals surface area contributed by atoms with Crippen LogP contribution in [0.5, 0.6) is 5.75 Å². The van der Waals surface area contributed by atoms with E-state index in [1.807, 2.05) is 0 Å². The Kier molecular flexibility index (Phi) is 3.54. The van der Waals surface area contributed by atoms with Crippen LogP contribution >= 0.6 is 12.6 Å². The molecule has 0 aliphatic rings. The number of benzene rings is 1. The molecule has 0 fully saturated rings. The molecule has 1 aromatic rings. The van der Waals surface area contributed by atoms with Crippen LogP contribution in [0, 0.1) is 11.6 Å². The number of methoxy groups -OCH3 is 1. The van der Waals surface area contributed by atoms with E-state index in [9.17, 15) is 8.78 Å². The van der Waals surface area contributed by atoms with Crippen LogP contribution in [0.4, 0.5) is 8.78 Å². The Hall–Kier alpha value is -0.770. The molecular weight excluding hydrogens is 194 g/mol. The second-order valence-corrected chi connectivity index (χ2v) is 3.00. The van der Waals surface area contributed by atoms with E-state index in [0.29, 0.717) is 17.7 Å². The SMILES string of the molecule is COc1c(F)cc(F)cc1CCS. The van der Waals surface area contributed by atoms with Crippen molar-refractivity contribution in [2.45, 2.75) is 6.42 Å². The maximum Gasteiger partial charge on any atom is 0.168 e. The third-order valence-corrected chi connectivity index (χ3v) is 1.89. The number of thiol groups is 1. The molecule has 1 aromatic carbocycles. The molecule has 1 nitrogen and oxygen atoms in total. The number of hydrogen-bond acceptors (Lipinski definition) is 2. The molecule has 0 bridgehead atoms. The predicted octanol–water partition coefficient (Wildman–Crippen LogP) is 2.45. The molecule has 0 aliphatic heterocycles. The average Bonchev–Trinajstić information content (AvgIpc) is 2.04. The molecule has 0 amide bonds. The molecule has 72 valence electrons. The van der Waals surface area contributed by atoms with Gasteiger partial charge in [-0.1, -0.05) is 0 Å². The fourth-order valence-corrected chi connectivity index (χ4v) is 1.39. The Morgan fingerprint density at radius 3 is 2.62 bits per heavy atom. The number of halogens is 2. The zero-order valence-electron chi connectivity index (χ0n) is 7.18. The summed E-state index contributed by atoms with van der Waals surface area (Å²) >= 11 is 3.99. The Balaban J connectivity index is 3.13. The second-order valence-electron chi connectivity index (χ2n) is 2.55. The predicted molar refractivity (Wildman–Crippen MR) is 50.5 cm³/mol. The Morgan fingerprint density at radius 2 is 2.08 bits per heavy atom. The fourth-order valence-electron chi connectivity index (χ4n) is 1.15. The standard InChI is InChI=1S/C9H10F2OS/c1-12-9-6(2-3-13)4-7(10)5-8(9)11/h4-5,13H,2-3H2,1H3. The summed E-state index contributed by atoms with van der Waals surface area (Å²) in [7, 11) is 1.36. The number of ether oxygens (including phenoxy) is 1. The Labute approximate surface area is 81.1 Å². The van der Waals surface area contributed by atoms with Crippen LogP contribution in [0.3, 0.4) is 0 Å². The number of aryl methyl sites for hydroxylation is 1. The van der Waals surface area contributed by atoms with Crippen molar-refractivity contribution in [3.63, 3.8) is 0 Å². The lowest BCUT2D eigenvalue weighted by Gasteiger charge is -2.08. The second kappa shape index (κ2) is 4.46. The number of rotatable bonds is 3. The molecule has 0 unspecified atom stereocenters. The highest BCUT2D eigenvalue weighted by atomic mass is 32.1. The molecule has 0 N–H and O–H groups in total. The fraction of sp³-hybridized carbons (Fsp3) is 0.333. The summed E-state index contributed by atoms with van der Waals surface area (Å²) in [5, 5.41) is 0. The van der Waals surface area contributed by atoms with Gasteiger partial charge in [-0.05, 0) is 18.2 Å². The van der Waals surface area contributed by atoms with Gasteiger partial charge in [0.1, 0.15) is 5.82 Å². The molecule has 0 aliphatic carbocycles. The van der Waals surface area contributed by atoms with Crippen LogP contribution in [0.15, 0.2) is 12.1 Å². The summed E-state index contributed by atoms with van der Waals surface area (Å²) in [5.41, 5.74) is 0.509. The van der Waals surface area contributed by atoms with Crippen molar-refractivity contribution in [3.8, 4) is 5.75 Å². The molecule has 1 rings (SSSR count). The van der Waals surface area contributed by atoms with Gasteiger partial charge in [0.2, 0.25) is 0 Å². The lowest BCUT2D eigenvalue weighted by molar-refractivity contribution is 0.379. The average molecular weight is 204 g/mol. The third-order valence-electron chi connectivity index (χ3n) is 1.67. The maximum absolute atomic E-state index is 13.0. The van der Waals surface area contributed by atoms with E-state index in [1.54, 1.807) is 0 Å². The first-order valence-corrected chi connectivity index (χ1v) is 4.45. The van der Waals surface area contributed by atoms with Gasteiger partial charge in [-0.3, -0.25) is 0 Å². The summed E-state index contributed by atoms with van der Waals surface area (Å²) in [6.45, 7) is 0. The van der Waals surface area contributed by atoms with E-state index in [4.69, 9.17) is 4.74 Å². The van der Waals surface area contributed by atoms with Gasteiger partial charge in [0.25, 0.3) is 0 Å². The highest BCUT2D eigenvalue weighted by molar-refractivity contribution is 7.80. The van der Waals surface area contributed by atoms with Crippen molar-refractivity contribution >= 4 is 12.6 Å². The van der Waals surface area contributed by atoms with Crippen molar-refractivity contribution in [3.05, 3.63) is 29.3 Å². The van der Waals surface area contributed by atoms with Crippen molar-refractivity contribution < 1.29 is 13.5 Å². The summed E-state index contributed by atoms with van der Waals surface area (Å²) in [5.74, 6) is -0.621. The molecule has 0 spiro atoms. The van der Waals surface area contributed by atoms with E-state index in [-0.39, 0.29) is 5.75 Å². The van der Waals surface area contributed by atoms with Gasteiger partial charge in [-0.2, -0.15) is 12.6 Å². The summed E-state index contributed by atoms with van der Waals surface area (Å²) in [6, 6.07) is 2.07. The van der Waals surface area contributed by atoms with E-state index in [2.05, 4.69) is 12.6 Å². The van der Waals surface area contributed by atoms with Crippen molar-refractivity contribution in [1.82, 2.24) is 0 Å². The molecule has 0 radical (unpaired) electrons.